The smallest absolute Gasteiger partial charge is 0.412 e. The summed E-state index contributed by atoms with van der Waals surface area (Å²) in [5, 5.41) is 30.1. The number of H-pyrrole nitrogens is 1. The number of aromatic amines is 1. The molecule has 55 heavy (non-hydrogen) atoms. The zero-order chi connectivity index (χ0) is 39.0. The van der Waals surface area contributed by atoms with Crippen molar-refractivity contribution >= 4 is 35.2 Å². The fraction of sp³-hybridized carbons (Fsp3) is 0.375. The number of carbonyl (C=O) groups excluding carboxylic acids is 5. The molecule has 0 bridgehead atoms. The first-order valence-electron chi connectivity index (χ1n) is 18.4. The van der Waals surface area contributed by atoms with Gasteiger partial charge in [0.15, 0.2) is 18.2 Å². The van der Waals surface area contributed by atoms with E-state index in [1.807, 2.05) is 38.1 Å². The summed E-state index contributed by atoms with van der Waals surface area (Å²) in [5.41, 5.74) is 3.34. The van der Waals surface area contributed by atoms with Crippen molar-refractivity contribution in [2.75, 3.05) is 25.0 Å². The molecule has 1 atom stereocenters. The number of benzene rings is 3. The van der Waals surface area contributed by atoms with Crippen LogP contribution in [0.1, 0.15) is 78.9 Å². The lowest BCUT2D eigenvalue weighted by Crippen LogP contribution is -2.44. The molecule has 0 radical (unpaired) electrons. The lowest BCUT2D eigenvalue weighted by molar-refractivity contribution is -0.135. The fourth-order valence-electron chi connectivity index (χ4n) is 7.73. The van der Waals surface area contributed by atoms with Crippen LogP contribution < -0.4 is 11.0 Å². The van der Waals surface area contributed by atoms with Gasteiger partial charge in [-0.1, -0.05) is 32.0 Å². The number of anilines is 1. The molecule has 2 aliphatic heterocycles. The lowest BCUT2D eigenvalue weighted by atomic mass is 9.90. The number of phenolic OH excluding ortho intramolecular Hbond substituents is 2. The summed E-state index contributed by atoms with van der Waals surface area (Å²) >= 11 is 0. The van der Waals surface area contributed by atoms with Gasteiger partial charge in [-0.15, -0.1) is 0 Å². The van der Waals surface area contributed by atoms with Gasteiger partial charge in [0, 0.05) is 48.9 Å². The molecule has 3 amide bonds. The molecule has 286 valence electrons. The number of Topliss-reactive ketones (excluding diaryl/α,β-unsaturated/α-hetero) is 2. The van der Waals surface area contributed by atoms with Gasteiger partial charge < -0.3 is 24.7 Å². The maximum Gasteiger partial charge on any atom is 0.412 e. The maximum absolute atomic E-state index is 13.1. The van der Waals surface area contributed by atoms with Gasteiger partial charge in [-0.3, -0.25) is 24.5 Å². The molecule has 7 rings (SSSR count). The molecule has 1 aliphatic carbocycles. The van der Waals surface area contributed by atoms with E-state index in [0.717, 1.165) is 24.8 Å². The summed E-state index contributed by atoms with van der Waals surface area (Å²) in [5.74, 6) is -0.784. The van der Waals surface area contributed by atoms with Crippen molar-refractivity contribution in [1.82, 2.24) is 24.6 Å². The lowest BCUT2D eigenvalue weighted by Gasteiger charge is -2.32. The van der Waals surface area contributed by atoms with E-state index in [1.165, 1.54) is 15.5 Å². The predicted octanol–water partition coefficient (Wildman–Crippen LogP) is 4.44. The number of rotatable bonds is 9. The van der Waals surface area contributed by atoms with Gasteiger partial charge in [0.25, 0.3) is 11.8 Å². The molecular weight excluding hydrogens is 708 g/mol. The number of hydrogen-bond acceptors (Lipinski definition) is 10. The van der Waals surface area contributed by atoms with Crippen LogP contribution in [0, 0.1) is 5.92 Å². The third-order valence-corrected chi connectivity index (χ3v) is 10.7. The zero-order valence-electron chi connectivity index (χ0n) is 30.5. The molecule has 1 unspecified atom stereocenters. The van der Waals surface area contributed by atoms with E-state index in [9.17, 15) is 39.0 Å². The van der Waals surface area contributed by atoms with Crippen LogP contribution in [0.25, 0.3) is 17.1 Å². The highest BCUT2D eigenvalue weighted by Gasteiger charge is 2.40. The van der Waals surface area contributed by atoms with Crippen molar-refractivity contribution in [2.24, 2.45) is 5.92 Å². The highest BCUT2D eigenvalue weighted by molar-refractivity contribution is 6.08. The Balaban J connectivity index is 0.899. The maximum atomic E-state index is 13.1. The molecule has 3 aliphatic rings. The topological polar surface area (TPSA) is 204 Å². The van der Waals surface area contributed by atoms with Crippen LogP contribution in [0.15, 0.2) is 59.4 Å². The van der Waals surface area contributed by atoms with Crippen molar-refractivity contribution in [3.63, 3.8) is 0 Å². The Morgan fingerprint density at radius 1 is 0.964 bits per heavy atom. The number of carbonyl (C=O) groups is 5. The summed E-state index contributed by atoms with van der Waals surface area (Å²) in [6.07, 6.45) is 1.77. The van der Waals surface area contributed by atoms with E-state index < -0.39 is 24.4 Å². The minimum atomic E-state index is -0.838. The molecule has 15 heteroatoms. The summed E-state index contributed by atoms with van der Waals surface area (Å²) in [6, 6.07) is 14.6. The number of hydrogen-bond donors (Lipinski definition) is 4. The molecular formula is C40H42N6O9. The van der Waals surface area contributed by atoms with E-state index in [1.54, 1.807) is 29.2 Å². The third-order valence-electron chi connectivity index (χ3n) is 10.7. The molecule has 1 saturated carbocycles. The number of amides is 3. The normalized spacial score (nSPS) is 17.5. The van der Waals surface area contributed by atoms with Crippen molar-refractivity contribution < 1.29 is 38.9 Å². The monoisotopic (exact) mass is 750 g/mol. The van der Waals surface area contributed by atoms with Crippen molar-refractivity contribution in [2.45, 2.75) is 70.9 Å². The number of ether oxygens (including phenoxy) is 1. The van der Waals surface area contributed by atoms with Crippen LogP contribution >= 0.6 is 0 Å². The Morgan fingerprint density at radius 2 is 1.71 bits per heavy atom. The van der Waals surface area contributed by atoms with Crippen LogP contribution in [0.4, 0.5) is 10.5 Å². The molecule has 1 aromatic heterocycles. The predicted molar refractivity (Wildman–Crippen MR) is 199 cm³/mol. The highest BCUT2D eigenvalue weighted by atomic mass is 16.6. The van der Waals surface area contributed by atoms with E-state index in [2.05, 4.69) is 15.5 Å². The van der Waals surface area contributed by atoms with Gasteiger partial charge >= 0.3 is 11.8 Å². The van der Waals surface area contributed by atoms with Crippen molar-refractivity contribution in [1.29, 1.82) is 0 Å². The summed E-state index contributed by atoms with van der Waals surface area (Å²) in [7, 11) is 0. The SMILES string of the molecule is CC(C)c1cc(-c2n[nH]c(=O)n2-c2ccc(CC3CCN(C(=O)COC(=O)Nc4cccc5c4CN(C4CCC(=O)CC4=O)C5=O)CC3)cc2)c(O)cc1O. The Morgan fingerprint density at radius 3 is 2.42 bits per heavy atom. The van der Waals surface area contributed by atoms with Crippen molar-refractivity contribution in [3.8, 4) is 28.6 Å². The Kier molecular flexibility index (Phi) is 10.3. The quantitative estimate of drug-likeness (QED) is 0.177. The number of nitrogens with one attached hydrogen (secondary N) is 2. The second-order valence-corrected chi connectivity index (χ2v) is 14.7. The van der Waals surface area contributed by atoms with Crippen LogP contribution in [-0.2, 0) is 32.1 Å². The van der Waals surface area contributed by atoms with E-state index in [4.69, 9.17) is 4.74 Å². The number of ketones is 2. The molecule has 3 aromatic carbocycles. The van der Waals surface area contributed by atoms with Crippen LogP contribution in [-0.4, -0.2) is 90.0 Å². The number of aromatic nitrogens is 3. The van der Waals surface area contributed by atoms with E-state index in [0.29, 0.717) is 52.6 Å². The molecule has 2 fully saturated rings. The van der Waals surface area contributed by atoms with E-state index in [-0.39, 0.29) is 72.4 Å². The third kappa shape index (κ3) is 7.59. The highest BCUT2D eigenvalue weighted by Crippen LogP contribution is 2.38. The van der Waals surface area contributed by atoms with Crippen molar-refractivity contribution in [3.05, 3.63) is 87.3 Å². The molecule has 4 aromatic rings. The average molecular weight is 751 g/mol. The zero-order valence-corrected chi connectivity index (χ0v) is 30.5. The van der Waals surface area contributed by atoms with Crippen LogP contribution in [0.5, 0.6) is 11.5 Å². The second-order valence-electron chi connectivity index (χ2n) is 14.7. The number of piperidine rings is 1. The number of likely N-dealkylation sites (tertiary alicyclic amines) is 1. The largest absolute Gasteiger partial charge is 0.508 e. The Labute approximate surface area is 315 Å². The Bertz CT molecular complexity index is 2230. The number of phenols is 2. The van der Waals surface area contributed by atoms with Gasteiger partial charge in [-0.25, -0.2) is 19.3 Å². The molecule has 15 nitrogen and oxygen atoms in total. The van der Waals surface area contributed by atoms with E-state index >= 15 is 0 Å². The first kappa shape index (κ1) is 37.1. The van der Waals surface area contributed by atoms with Gasteiger partial charge in [-0.2, -0.15) is 5.10 Å². The standard InChI is InChI=1S/C40H42N6O9/c1-22(2)28-18-29(34(49)19-33(28)48)37-42-43-39(53)46(37)25-8-6-23(7-9-25)16-24-12-14-44(15-13-24)36(51)21-55-40(54)41-31-5-3-4-27-30(31)20-45(38(27)52)32-11-10-26(47)17-35(32)50/h3-9,18-19,22,24,32,48-49H,10-17,20-21H2,1-2H3,(H,41,54)(H,43,53). The minimum absolute atomic E-state index is 0.0236. The first-order valence-corrected chi connectivity index (χ1v) is 18.4. The molecule has 4 N–H and O–H groups in total. The molecule has 3 heterocycles. The van der Waals surface area contributed by atoms with Gasteiger partial charge in [0.05, 0.1) is 23.7 Å². The minimum Gasteiger partial charge on any atom is -0.508 e. The summed E-state index contributed by atoms with van der Waals surface area (Å²) in [6.45, 7) is 4.51. The average Bonchev–Trinajstić information content (AvgIpc) is 3.70. The van der Waals surface area contributed by atoms with Crippen LogP contribution in [0.3, 0.4) is 0 Å². The number of nitrogens with zero attached hydrogens (tertiary/aromatic N) is 4. The second kappa shape index (κ2) is 15.2. The fourth-order valence-corrected chi connectivity index (χ4v) is 7.73. The molecule has 0 spiro atoms. The van der Waals surface area contributed by atoms with Gasteiger partial charge in [-0.05, 0) is 79.0 Å². The number of aromatic hydroxyl groups is 2. The molecule has 1 saturated heterocycles. The van der Waals surface area contributed by atoms with Gasteiger partial charge in [0.2, 0.25) is 0 Å². The first-order chi connectivity index (χ1) is 26.4. The van der Waals surface area contributed by atoms with Crippen LogP contribution in [0.2, 0.25) is 0 Å². The summed E-state index contributed by atoms with van der Waals surface area (Å²) < 4.78 is 6.64. The summed E-state index contributed by atoms with van der Waals surface area (Å²) in [4.78, 5) is 79.0. The van der Waals surface area contributed by atoms with Gasteiger partial charge in [0.1, 0.15) is 17.3 Å². The Hall–Kier alpha value is -6.25. The number of fused-ring (bicyclic) bond motifs is 1.